The lowest BCUT2D eigenvalue weighted by atomic mass is 10.0. The largest absolute Gasteiger partial charge is 0.304 e. The van der Waals surface area contributed by atoms with Gasteiger partial charge in [0.2, 0.25) is 0 Å². The van der Waals surface area contributed by atoms with Crippen molar-refractivity contribution in [3.63, 3.8) is 0 Å². The maximum Gasteiger partial charge on any atom is 0.260 e. The molecule has 0 saturated heterocycles. The standard InChI is InChI=1S/C22H19FN2O2S/c1-16-11-13-17(14-12-16)21-15-22(19-9-5-6-10-20(19)23)25(24-21)28(26,27)18-7-3-2-4-8-18/h2-15,22,24H,1H3/t22-/m0/s1. The summed E-state index contributed by atoms with van der Waals surface area (Å²) in [5.74, 6) is -0.455. The third kappa shape index (κ3) is 3.32. The quantitative estimate of drug-likeness (QED) is 0.712. The number of sulfonamides is 1. The van der Waals surface area contributed by atoms with Crippen LogP contribution in [0.2, 0.25) is 0 Å². The minimum absolute atomic E-state index is 0.141. The molecule has 0 unspecified atom stereocenters. The zero-order chi connectivity index (χ0) is 19.7. The monoisotopic (exact) mass is 394 g/mol. The highest BCUT2D eigenvalue weighted by atomic mass is 32.2. The molecule has 0 fully saturated rings. The van der Waals surface area contributed by atoms with Gasteiger partial charge in [0.25, 0.3) is 10.0 Å². The SMILES string of the molecule is Cc1ccc(C2=C[C@@H](c3ccccc3F)N(S(=O)(=O)c3ccccc3)N2)cc1. The van der Waals surface area contributed by atoms with Crippen LogP contribution in [0.4, 0.5) is 4.39 Å². The number of hydrogen-bond acceptors (Lipinski definition) is 3. The summed E-state index contributed by atoms with van der Waals surface area (Å²) in [5, 5.41) is 0. The Bertz CT molecular complexity index is 1130. The molecule has 1 heterocycles. The summed E-state index contributed by atoms with van der Waals surface area (Å²) in [5.41, 5.74) is 5.82. The fourth-order valence-electron chi connectivity index (χ4n) is 3.19. The van der Waals surface area contributed by atoms with E-state index < -0.39 is 21.9 Å². The van der Waals surface area contributed by atoms with Gasteiger partial charge in [0.1, 0.15) is 5.82 Å². The van der Waals surface area contributed by atoms with E-state index in [9.17, 15) is 12.8 Å². The molecule has 142 valence electrons. The van der Waals surface area contributed by atoms with Gasteiger partial charge in [0.15, 0.2) is 0 Å². The van der Waals surface area contributed by atoms with Gasteiger partial charge < -0.3 is 5.43 Å². The molecule has 3 aromatic rings. The summed E-state index contributed by atoms with van der Waals surface area (Å²) in [4.78, 5) is 0.141. The van der Waals surface area contributed by atoms with Crippen LogP contribution in [-0.4, -0.2) is 12.8 Å². The molecule has 0 amide bonds. The van der Waals surface area contributed by atoms with Crippen LogP contribution in [0, 0.1) is 12.7 Å². The molecule has 0 saturated carbocycles. The molecule has 1 aliphatic heterocycles. The molecular weight excluding hydrogens is 375 g/mol. The van der Waals surface area contributed by atoms with Gasteiger partial charge in [-0.2, -0.15) is 0 Å². The van der Waals surface area contributed by atoms with E-state index in [0.29, 0.717) is 5.70 Å². The minimum Gasteiger partial charge on any atom is -0.304 e. The highest BCUT2D eigenvalue weighted by Crippen LogP contribution is 2.36. The number of halogens is 1. The maximum absolute atomic E-state index is 14.5. The van der Waals surface area contributed by atoms with E-state index in [-0.39, 0.29) is 10.5 Å². The number of rotatable bonds is 4. The Hall–Kier alpha value is -2.96. The van der Waals surface area contributed by atoms with Crippen LogP contribution in [0.15, 0.2) is 89.8 Å². The summed E-state index contributed by atoms with van der Waals surface area (Å²) in [7, 11) is -3.90. The van der Waals surface area contributed by atoms with Crippen LogP contribution in [0.1, 0.15) is 22.7 Å². The zero-order valence-corrected chi connectivity index (χ0v) is 16.0. The van der Waals surface area contributed by atoms with Crippen molar-refractivity contribution in [2.24, 2.45) is 0 Å². The van der Waals surface area contributed by atoms with Gasteiger partial charge >= 0.3 is 0 Å². The second-order valence-electron chi connectivity index (χ2n) is 6.64. The van der Waals surface area contributed by atoms with Gasteiger partial charge in [-0.05, 0) is 36.8 Å². The Kier molecular flexibility index (Phi) is 4.75. The molecule has 1 atom stereocenters. The average molecular weight is 394 g/mol. The molecule has 28 heavy (non-hydrogen) atoms. The van der Waals surface area contributed by atoms with E-state index >= 15 is 0 Å². The first-order chi connectivity index (χ1) is 13.5. The molecule has 1 aliphatic rings. The van der Waals surface area contributed by atoms with E-state index in [1.807, 2.05) is 31.2 Å². The fourth-order valence-corrected chi connectivity index (χ4v) is 4.61. The minimum atomic E-state index is -3.90. The Morgan fingerprint density at radius 2 is 1.54 bits per heavy atom. The van der Waals surface area contributed by atoms with E-state index in [1.165, 1.54) is 18.2 Å². The predicted octanol–water partition coefficient (Wildman–Crippen LogP) is 4.43. The molecule has 0 spiro atoms. The van der Waals surface area contributed by atoms with Crippen LogP contribution in [0.25, 0.3) is 5.70 Å². The maximum atomic E-state index is 14.5. The number of benzene rings is 3. The molecule has 0 aromatic heterocycles. The first kappa shape index (κ1) is 18.4. The topological polar surface area (TPSA) is 49.4 Å². The summed E-state index contributed by atoms with van der Waals surface area (Å²) in [6, 6.07) is 21.3. The van der Waals surface area contributed by atoms with Crippen molar-refractivity contribution in [2.45, 2.75) is 17.9 Å². The fraction of sp³-hybridized carbons (Fsp3) is 0.0909. The lowest BCUT2D eigenvalue weighted by Crippen LogP contribution is -2.39. The van der Waals surface area contributed by atoms with Gasteiger partial charge in [0.05, 0.1) is 16.6 Å². The molecule has 3 aromatic carbocycles. The predicted molar refractivity (Wildman–Crippen MR) is 107 cm³/mol. The number of nitrogens with one attached hydrogen (secondary N) is 1. The Morgan fingerprint density at radius 3 is 2.21 bits per heavy atom. The average Bonchev–Trinajstić information content (AvgIpc) is 3.15. The lowest BCUT2D eigenvalue weighted by Gasteiger charge is -2.25. The second kappa shape index (κ2) is 7.22. The van der Waals surface area contributed by atoms with Crippen molar-refractivity contribution in [3.05, 3.63) is 107 Å². The van der Waals surface area contributed by atoms with E-state index in [2.05, 4.69) is 5.43 Å². The number of hydrogen-bond donors (Lipinski definition) is 1. The first-order valence-corrected chi connectivity index (χ1v) is 10.3. The lowest BCUT2D eigenvalue weighted by molar-refractivity contribution is 0.341. The van der Waals surface area contributed by atoms with Gasteiger partial charge in [-0.25, -0.2) is 12.8 Å². The van der Waals surface area contributed by atoms with Crippen LogP contribution < -0.4 is 5.43 Å². The third-order valence-electron chi connectivity index (χ3n) is 4.69. The number of aryl methyl sites for hydroxylation is 1. The van der Waals surface area contributed by atoms with Crippen LogP contribution >= 0.6 is 0 Å². The third-order valence-corrected chi connectivity index (χ3v) is 6.40. The normalized spacial score (nSPS) is 17.2. The van der Waals surface area contributed by atoms with Gasteiger partial charge in [-0.3, -0.25) is 0 Å². The van der Waals surface area contributed by atoms with Crippen LogP contribution in [0.5, 0.6) is 0 Å². The summed E-state index contributed by atoms with van der Waals surface area (Å²) in [6.07, 6.45) is 1.74. The van der Waals surface area contributed by atoms with Crippen LogP contribution in [0.3, 0.4) is 0 Å². The van der Waals surface area contributed by atoms with Crippen molar-refractivity contribution in [2.75, 3.05) is 0 Å². The summed E-state index contributed by atoms with van der Waals surface area (Å²) >= 11 is 0. The molecule has 4 rings (SSSR count). The van der Waals surface area contributed by atoms with Crippen molar-refractivity contribution < 1.29 is 12.8 Å². The first-order valence-electron chi connectivity index (χ1n) is 8.86. The van der Waals surface area contributed by atoms with E-state index in [0.717, 1.165) is 15.5 Å². The van der Waals surface area contributed by atoms with Crippen molar-refractivity contribution in [1.82, 2.24) is 9.84 Å². The highest BCUT2D eigenvalue weighted by Gasteiger charge is 2.37. The van der Waals surface area contributed by atoms with E-state index in [4.69, 9.17) is 0 Å². The van der Waals surface area contributed by atoms with Gasteiger partial charge in [-0.1, -0.05) is 66.2 Å². The molecule has 6 heteroatoms. The molecule has 0 aliphatic carbocycles. The highest BCUT2D eigenvalue weighted by molar-refractivity contribution is 7.89. The van der Waals surface area contributed by atoms with Gasteiger partial charge in [0, 0.05) is 5.56 Å². The molecule has 1 N–H and O–H groups in total. The summed E-state index contributed by atoms with van der Waals surface area (Å²) < 4.78 is 42.2. The molecule has 4 nitrogen and oxygen atoms in total. The van der Waals surface area contributed by atoms with Crippen LogP contribution in [-0.2, 0) is 10.0 Å². The Morgan fingerprint density at radius 1 is 0.893 bits per heavy atom. The smallest absolute Gasteiger partial charge is 0.260 e. The van der Waals surface area contributed by atoms with Crippen molar-refractivity contribution in [1.29, 1.82) is 0 Å². The second-order valence-corrected chi connectivity index (χ2v) is 8.45. The number of nitrogens with zero attached hydrogens (tertiary/aromatic N) is 1. The molecular formula is C22H19FN2O2S. The Labute approximate surface area is 164 Å². The Balaban J connectivity index is 1.81. The number of hydrazine groups is 1. The summed E-state index contributed by atoms with van der Waals surface area (Å²) in [6.45, 7) is 1.98. The zero-order valence-electron chi connectivity index (χ0n) is 15.2. The molecule has 0 bridgehead atoms. The van der Waals surface area contributed by atoms with E-state index in [1.54, 1.807) is 42.5 Å². The van der Waals surface area contributed by atoms with Gasteiger partial charge in [-0.15, -0.1) is 4.41 Å². The molecule has 0 radical (unpaired) electrons. The van der Waals surface area contributed by atoms with Crippen molar-refractivity contribution >= 4 is 15.7 Å². The van der Waals surface area contributed by atoms with Crippen molar-refractivity contribution in [3.8, 4) is 0 Å².